The van der Waals surface area contributed by atoms with Crippen molar-refractivity contribution in [2.75, 3.05) is 18.1 Å². The van der Waals surface area contributed by atoms with Crippen molar-refractivity contribution in [2.45, 2.75) is 45.4 Å². The number of hydrogen-bond donors (Lipinski definition) is 1. The molecular formula is C14H22N2O2. The van der Waals surface area contributed by atoms with E-state index >= 15 is 0 Å². The van der Waals surface area contributed by atoms with Gasteiger partial charge in [-0.2, -0.15) is 0 Å². The van der Waals surface area contributed by atoms with Gasteiger partial charge in [0.25, 0.3) is 0 Å². The molecule has 4 heteroatoms. The van der Waals surface area contributed by atoms with Crippen molar-refractivity contribution in [2.24, 2.45) is 0 Å². The normalized spacial score (nSPS) is 26.1. The van der Waals surface area contributed by atoms with Gasteiger partial charge in [0.2, 0.25) is 0 Å². The smallest absolute Gasteiger partial charge is 0.128 e. The summed E-state index contributed by atoms with van der Waals surface area (Å²) in [4.78, 5) is 6.77. The minimum absolute atomic E-state index is 0.242. The van der Waals surface area contributed by atoms with Crippen LogP contribution in [0.2, 0.25) is 0 Å². The Balaban J connectivity index is 2.17. The molecule has 1 aromatic heterocycles. The molecule has 1 fully saturated rings. The summed E-state index contributed by atoms with van der Waals surface area (Å²) in [6, 6.07) is 4.33. The van der Waals surface area contributed by atoms with E-state index in [2.05, 4.69) is 23.7 Å². The van der Waals surface area contributed by atoms with E-state index in [0.717, 1.165) is 31.0 Å². The zero-order valence-corrected chi connectivity index (χ0v) is 11.3. The summed E-state index contributed by atoms with van der Waals surface area (Å²) in [5.74, 6) is 0.974. The summed E-state index contributed by atoms with van der Waals surface area (Å²) >= 11 is 0. The first-order chi connectivity index (χ1) is 8.61. The lowest BCUT2D eigenvalue weighted by Crippen LogP contribution is -2.49. The number of aromatic nitrogens is 1. The fourth-order valence-corrected chi connectivity index (χ4v) is 2.28. The number of ether oxygens (including phenoxy) is 1. The van der Waals surface area contributed by atoms with Crippen LogP contribution in [0.25, 0.3) is 0 Å². The topological polar surface area (TPSA) is 45.6 Å². The number of aliphatic hydroxyl groups is 1. The maximum absolute atomic E-state index is 9.49. The number of pyridine rings is 1. The zero-order valence-electron chi connectivity index (χ0n) is 11.3. The molecule has 0 spiro atoms. The minimum atomic E-state index is -0.461. The second-order valence-electron chi connectivity index (χ2n) is 4.98. The van der Waals surface area contributed by atoms with Crippen LogP contribution in [0.5, 0.6) is 0 Å². The van der Waals surface area contributed by atoms with Gasteiger partial charge in [0.1, 0.15) is 5.82 Å². The average molecular weight is 250 g/mol. The SMILES string of the molecule is CCC1COC(C)CN1c1ccc(C(C)O)cn1. The Bertz CT molecular complexity index is 378. The summed E-state index contributed by atoms with van der Waals surface area (Å²) in [6.07, 6.45) is 2.59. The van der Waals surface area contributed by atoms with Gasteiger partial charge in [-0.3, -0.25) is 0 Å². The Hall–Kier alpha value is -1.13. The van der Waals surface area contributed by atoms with E-state index in [0.29, 0.717) is 6.04 Å². The molecule has 1 aromatic rings. The van der Waals surface area contributed by atoms with Gasteiger partial charge in [-0.05, 0) is 31.9 Å². The standard InChI is InChI=1S/C14H22N2O2/c1-4-13-9-18-10(2)8-16(13)14-6-5-12(7-15-14)11(3)17/h5-7,10-11,13,17H,4,8-9H2,1-3H3. The summed E-state index contributed by atoms with van der Waals surface area (Å²) < 4.78 is 5.69. The largest absolute Gasteiger partial charge is 0.389 e. The van der Waals surface area contributed by atoms with E-state index in [1.807, 2.05) is 12.1 Å². The van der Waals surface area contributed by atoms with Crippen LogP contribution in [-0.2, 0) is 4.74 Å². The van der Waals surface area contributed by atoms with Crippen molar-refractivity contribution in [3.05, 3.63) is 23.9 Å². The quantitative estimate of drug-likeness (QED) is 0.892. The summed E-state index contributed by atoms with van der Waals surface area (Å²) in [6.45, 7) is 7.64. The van der Waals surface area contributed by atoms with Gasteiger partial charge in [0.05, 0.1) is 24.9 Å². The lowest BCUT2D eigenvalue weighted by atomic mass is 10.1. The van der Waals surface area contributed by atoms with Crippen LogP contribution in [0.1, 0.15) is 38.9 Å². The Labute approximate surface area is 109 Å². The summed E-state index contributed by atoms with van der Waals surface area (Å²) in [5.41, 5.74) is 0.855. The Morgan fingerprint density at radius 1 is 1.56 bits per heavy atom. The lowest BCUT2D eigenvalue weighted by Gasteiger charge is -2.39. The molecule has 0 amide bonds. The van der Waals surface area contributed by atoms with Gasteiger partial charge in [-0.25, -0.2) is 4.98 Å². The molecule has 1 saturated heterocycles. The molecule has 3 atom stereocenters. The molecule has 1 aliphatic heterocycles. The predicted molar refractivity (Wildman–Crippen MR) is 71.7 cm³/mol. The average Bonchev–Trinajstić information content (AvgIpc) is 2.39. The van der Waals surface area contributed by atoms with Gasteiger partial charge in [0.15, 0.2) is 0 Å². The fourth-order valence-electron chi connectivity index (χ4n) is 2.28. The molecule has 1 aliphatic rings. The molecule has 3 unspecified atom stereocenters. The monoisotopic (exact) mass is 250 g/mol. The van der Waals surface area contributed by atoms with Crippen molar-refractivity contribution >= 4 is 5.82 Å². The highest BCUT2D eigenvalue weighted by Crippen LogP contribution is 2.22. The Kier molecular flexibility index (Phi) is 4.19. The Morgan fingerprint density at radius 2 is 2.33 bits per heavy atom. The van der Waals surface area contributed by atoms with E-state index in [9.17, 15) is 5.11 Å². The van der Waals surface area contributed by atoms with Gasteiger partial charge in [-0.15, -0.1) is 0 Å². The van der Waals surface area contributed by atoms with Crippen LogP contribution in [-0.4, -0.2) is 35.4 Å². The minimum Gasteiger partial charge on any atom is -0.389 e. The third-order valence-electron chi connectivity index (χ3n) is 3.49. The second-order valence-corrected chi connectivity index (χ2v) is 4.98. The van der Waals surface area contributed by atoms with E-state index in [4.69, 9.17) is 4.74 Å². The molecule has 0 aliphatic carbocycles. The van der Waals surface area contributed by atoms with Crippen LogP contribution in [0, 0.1) is 0 Å². The third-order valence-corrected chi connectivity index (χ3v) is 3.49. The van der Waals surface area contributed by atoms with E-state index < -0.39 is 6.10 Å². The second kappa shape index (κ2) is 5.67. The highest BCUT2D eigenvalue weighted by Gasteiger charge is 2.26. The van der Waals surface area contributed by atoms with Crippen LogP contribution in [0.4, 0.5) is 5.82 Å². The molecule has 18 heavy (non-hydrogen) atoms. The molecule has 2 heterocycles. The van der Waals surface area contributed by atoms with Crippen molar-refractivity contribution in [3.8, 4) is 0 Å². The fraction of sp³-hybridized carbons (Fsp3) is 0.643. The van der Waals surface area contributed by atoms with Gasteiger partial charge >= 0.3 is 0 Å². The van der Waals surface area contributed by atoms with E-state index in [1.54, 1.807) is 13.1 Å². The first-order valence-corrected chi connectivity index (χ1v) is 6.64. The molecule has 0 aromatic carbocycles. The maximum atomic E-state index is 9.49. The number of nitrogens with zero attached hydrogens (tertiary/aromatic N) is 2. The first-order valence-electron chi connectivity index (χ1n) is 6.64. The first kappa shape index (κ1) is 13.3. The molecule has 4 nitrogen and oxygen atoms in total. The molecule has 2 rings (SSSR count). The molecular weight excluding hydrogens is 228 g/mol. The lowest BCUT2D eigenvalue weighted by molar-refractivity contribution is 0.0296. The molecule has 0 saturated carbocycles. The third kappa shape index (κ3) is 2.82. The van der Waals surface area contributed by atoms with Gasteiger partial charge < -0.3 is 14.7 Å². The number of rotatable bonds is 3. The summed E-state index contributed by atoms with van der Waals surface area (Å²) in [7, 11) is 0. The number of aliphatic hydroxyl groups excluding tert-OH is 1. The van der Waals surface area contributed by atoms with Crippen molar-refractivity contribution in [1.82, 2.24) is 4.98 Å². The van der Waals surface area contributed by atoms with Crippen LogP contribution in [0.3, 0.4) is 0 Å². The van der Waals surface area contributed by atoms with Crippen LogP contribution >= 0.6 is 0 Å². The van der Waals surface area contributed by atoms with Gasteiger partial charge in [0, 0.05) is 12.7 Å². The van der Waals surface area contributed by atoms with Crippen molar-refractivity contribution in [1.29, 1.82) is 0 Å². The number of anilines is 1. The van der Waals surface area contributed by atoms with E-state index in [1.165, 1.54) is 0 Å². The highest BCUT2D eigenvalue weighted by molar-refractivity contribution is 5.41. The summed E-state index contributed by atoms with van der Waals surface area (Å²) in [5, 5.41) is 9.49. The predicted octanol–water partition coefficient (Wildman–Crippen LogP) is 2.14. The van der Waals surface area contributed by atoms with Crippen molar-refractivity contribution in [3.63, 3.8) is 0 Å². The maximum Gasteiger partial charge on any atom is 0.128 e. The van der Waals surface area contributed by atoms with Crippen LogP contribution in [0.15, 0.2) is 18.3 Å². The molecule has 1 N–H and O–H groups in total. The zero-order chi connectivity index (χ0) is 13.1. The van der Waals surface area contributed by atoms with Crippen LogP contribution < -0.4 is 4.90 Å². The Morgan fingerprint density at radius 3 is 2.89 bits per heavy atom. The van der Waals surface area contributed by atoms with Crippen molar-refractivity contribution < 1.29 is 9.84 Å². The van der Waals surface area contributed by atoms with E-state index in [-0.39, 0.29) is 6.10 Å². The number of morpholine rings is 1. The molecule has 0 bridgehead atoms. The molecule has 100 valence electrons. The highest BCUT2D eigenvalue weighted by atomic mass is 16.5. The molecule has 0 radical (unpaired) electrons. The van der Waals surface area contributed by atoms with Gasteiger partial charge in [-0.1, -0.05) is 13.0 Å². The number of hydrogen-bond acceptors (Lipinski definition) is 4.